The van der Waals surface area contributed by atoms with Crippen molar-refractivity contribution in [2.75, 3.05) is 20.6 Å². The van der Waals surface area contributed by atoms with E-state index < -0.39 is 5.41 Å². The molecule has 0 aliphatic heterocycles. The zero-order chi connectivity index (χ0) is 16.8. The van der Waals surface area contributed by atoms with Crippen molar-refractivity contribution in [1.29, 1.82) is 0 Å². The van der Waals surface area contributed by atoms with Crippen molar-refractivity contribution >= 4 is 59.0 Å². The minimum absolute atomic E-state index is 0. The van der Waals surface area contributed by atoms with Crippen LogP contribution in [0.5, 0.6) is 0 Å². The largest absolute Gasteiger partial charge is 0.359 e. The van der Waals surface area contributed by atoms with E-state index >= 15 is 0 Å². The molecule has 1 rings (SSSR count). The van der Waals surface area contributed by atoms with Gasteiger partial charge in [-0.05, 0) is 31.5 Å². The molecule has 3 N–H and O–H groups in total. The number of aliphatic imine (C=N–C) groups is 1. The van der Waals surface area contributed by atoms with Gasteiger partial charge in [-0.25, -0.2) is 0 Å². The van der Waals surface area contributed by atoms with Gasteiger partial charge in [-0.15, -0.1) is 24.0 Å². The second kappa shape index (κ2) is 10.2. The summed E-state index contributed by atoms with van der Waals surface area (Å²) in [6, 6.07) is 5.35. The highest BCUT2D eigenvalue weighted by Crippen LogP contribution is 2.20. The second-order valence-electron chi connectivity index (χ2n) is 5.48. The maximum Gasteiger partial charge on any atom is 0.227 e. The Kier molecular flexibility index (Phi) is 9.88. The molecule has 23 heavy (non-hydrogen) atoms. The van der Waals surface area contributed by atoms with E-state index in [1.54, 1.807) is 26.2 Å². The van der Waals surface area contributed by atoms with Crippen LogP contribution in [0, 0.1) is 5.41 Å². The van der Waals surface area contributed by atoms with Crippen molar-refractivity contribution in [3.63, 3.8) is 0 Å². The Morgan fingerprint density at radius 1 is 1.26 bits per heavy atom. The lowest BCUT2D eigenvalue weighted by atomic mass is 9.92. The van der Waals surface area contributed by atoms with Gasteiger partial charge in [0.1, 0.15) is 0 Å². The summed E-state index contributed by atoms with van der Waals surface area (Å²) in [5, 5.41) is 10.1. The SMILES string of the molecule is CN=C(NCc1ccc(Cl)cc1Cl)NCC(C)(C)C(=O)NC.I. The number of guanidine groups is 1. The van der Waals surface area contributed by atoms with Crippen LogP contribution in [0.4, 0.5) is 0 Å². The molecule has 0 unspecified atom stereocenters. The minimum atomic E-state index is -0.537. The van der Waals surface area contributed by atoms with Gasteiger partial charge in [-0.1, -0.05) is 29.3 Å². The number of nitrogens with one attached hydrogen (secondary N) is 3. The van der Waals surface area contributed by atoms with Gasteiger partial charge in [0.25, 0.3) is 0 Å². The lowest BCUT2D eigenvalue weighted by molar-refractivity contribution is -0.128. The van der Waals surface area contributed by atoms with Gasteiger partial charge >= 0.3 is 0 Å². The number of hydrogen-bond acceptors (Lipinski definition) is 2. The molecule has 0 spiro atoms. The number of hydrogen-bond donors (Lipinski definition) is 3. The Balaban J connectivity index is 0.00000484. The number of benzene rings is 1. The van der Waals surface area contributed by atoms with Crippen molar-refractivity contribution in [2.45, 2.75) is 20.4 Å². The first-order chi connectivity index (χ1) is 10.3. The molecule has 0 fully saturated rings. The fourth-order valence-corrected chi connectivity index (χ4v) is 2.26. The molecule has 0 aliphatic carbocycles. The summed E-state index contributed by atoms with van der Waals surface area (Å²) >= 11 is 12.0. The summed E-state index contributed by atoms with van der Waals surface area (Å²) in [7, 11) is 3.30. The van der Waals surface area contributed by atoms with Crippen molar-refractivity contribution in [3.05, 3.63) is 33.8 Å². The molecule has 8 heteroatoms. The van der Waals surface area contributed by atoms with E-state index in [1.165, 1.54) is 0 Å². The van der Waals surface area contributed by atoms with Gasteiger partial charge in [-0.2, -0.15) is 0 Å². The quantitative estimate of drug-likeness (QED) is 0.350. The summed E-state index contributed by atoms with van der Waals surface area (Å²) in [6.45, 7) is 4.70. The third-order valence-electron chi connectivity index (χ3n) is 3.22. The van der Waals surface area contributed by atoms with Crippen LogP contribution in [0.1, 0.15) is 19.4 Å². The number of carbonyl (C=O) groups is 1. The van der Waals surface area contributed by atoms with Crippen LogP contribution in [-0.2, 0) is 11.3 Å². The highest BCUT2D eigenvalue weighted by atomic mass is 127. The van der Waals surface area contributed by atoms with Crippen LogP contribution in [0.2, 0.25) is 10.0 Å². The van der Waals surface area contributed by atoms with Crippen LogP contribution < -0.4 is 16.0 Å². The summed E-state index contributed by atoms with van der Waals surface area (Å²) in [5.41, 5.74) is 0.379. The number of amides is 1. The van der Waals surface area contributed by atoms with Gasteiger partial charge in [-0.3, -0.25) is 9.79 Å². The van der Waals surface area contributed by atoms with E-state index in [-0.39, 0.29) is 29.9 Å². The molecule has 5 nitrogen and oxygen atoms in total. The van der Waals surface area contributed by atoms with Crippen molar-refractivity contribution in [1.82, 2.24) is 16.0 Å². The van der Waals surface area contributed by atoms with Crippen LogP contribution in [0.3, 0.4) is 0 Å². The summed E-state index contributed by atoms with van der Waals surface area (Å²) in [5.74, 6) is 0.569. The average molecular weight is 473 g/mol. The topological polar surface area (TPSA) is 65.5 Å². The highest BCUT2D eigenvalue weighted by molar-refractivity contribution is 14.0. The summed E-state index contributed by atoms with van der Waals surface area (Å²) in [4.78, 5) is 15.9. The van der Waals surface area contributed by atoms with Crippen molar-refractivity contribution < 1.29 is 4.79 Å². The molecule has 0 atom stereocenters. The van der Waals surface area contributed by atoms with Gasteiger partial charge in [0, 0.05) is 37.2 Å². The summed E-state index contributed by atoms with van der Waals surface area (Å²) < 4.78 is 0. The number of rotatable bonds is 5. The number of halogens is 3. The third-order valence-corrected chi connectivity index (χ3v) is 3.81. The zero-order valence-electron chi connectivity index (χ0n) is 13.7. The summed E-state index contributed by atoms with van der Waals surface area (Å²) in [6.07, 6.45) is 0. The number of carbonyl (C=O) groups excluding carboxylic acids is 1. The maximum absolute atomic E-state index is 11.7. The van der Waals surface area contributed by atoms with Gasteiger partial charge in [0.15, 0.2) is 5.96 Å². The van der Waals surface area contributed by atoms with Crippen LogP contribution in [-0.4, -0.2) is 32.5 Å². The lowest BCUT2D eigenvalue weighted by Crippen LogP contribution is -2.47. The molecule has 1 aromatic rings. The monoisotopic (exact) mass is 472 g/mol. The Labute approximate surface area is 164 Å². The third kappa shape index (κ3) is 7.14. The molecule has 0 aliphatic rings. The molecule has 0 heterocycles. The molecular formula is C15H23Cl2IN4O. The molecule has 0 radical (unpaired) electrons. The van der Waals surface area contributed by atoms with E-state index in [0.29, 0.717) is 29.1 Å². The first-order valence-electron chi connectivity index (χ1n) is 6.91. The molecule has 0 bridgehead atoms. The first kappa shape index (κ1) is 22.3. The number of nitrogens with zero attached hydrogens (tertiary/aromatic N) is 1. The molecule has 0 saturated carbocycles. The van der Waals surface area contributed by atoms with E-state index in [2.05, 4.69) is 20.9 Å². The highest BCUT2D eigenvalue weighted by Gasteiger charge is 2.26. The van der Waals surface area contributed by atoms with Gasteiger partial charge in [0.2, 0.25) is 5.91 Å². The molecule has 1 amide bonds. The van der Waals surface area contributed by atoms with Crippen LogP contribution in [0.15, 0.2) is 23.2 Å². The molecule has 0 saturated heterocycles. The average Bonchev–Trinajstić information content (AvgIpc) is 2.48. The van der Waals surface area contributed by atoms with Crippen LogP contribution in [0.25, 0.3) is 0 Å². The fourth-order valence-electron chi connectivity index (χ4n) is 1.79. The Morgan fingerprint density at radius 2 is 1.91 bits per heavy atom. The van der Waals surface area contributed by atoms with E-state index in [1.807, 2.05) is 19.9 Å². The van der Waals surface area contributed by atoms with Crippen molar-refractivity contribution in [3.8, 4) is 0 Å². The van der Waals surface area contributed by atoms with E-state index in [9.17, 15) is 4.79 Å². The first-order valence-corrected chi connectivity index (χ1v) is 7.66. The Hall–Kier alpha value is -0.730. The fraction of sp³-hybridized carbons (Fsp3) is 0.467. The predicted molar refractivity (Wildman–Crippen MR) is 108 cm³/mol. The predicted octanol–water partition coefficient (Wildman–Crippen LogP) is 3.05. The standard InChI is InChI=1S/C15H22Cl2N4O.HI/c1-15(2,13(22)18-3)9-21-14(19-4)20-8-10-5-6-11(16)7-12(10)17;/h5-7H,8-9H2,1-4H3,(H,18,22)(H2,19,20,21);1H. The Morgan fingerprint density at radius 3 is 2.43 bits per heavy atom. The normalized spacial score (nSPS) is 11.5. The smallest absolute Gasteiger partial charge is 0.227 e. The molecule has 130 valence electrons. The molecular weight excluding hydrogens is 450 g/mol. The van der Waals surface area contributed by atoms with Crippen molar-refractivity contribution in [2.24, 2.45) is 10.4 Å². The van der Waals surface area contributed by atoms with Gasteiger partial charge < -0.3 is 16.0 Å². The second-order valence-corrected chi connectivity index (χ2v) is 6.32. The Bertz CT molecular complexity index is 564. The van der Waals surface area contributed by atoms with E-state index in [0.717, 1.165) is 5.56 Å². The van der Waals surface area contributed by atoms with Gasteiger partial charge in [0.05, 0.1) is 5.41 Å². The molecule has 0 aromatic heterocycles. The lowest BCUT2D eigenvalue weighted by Gasteiger charge is -2.24. The minimum Gasteiger partial charge on any atom is -0.359 e. The molecule has 1 aromatic carbocycles. The maximum atomic E-state index is 11.7. The zero-order valence-corrected chi connectivity index (χ0v) is 17.5. The van der Waals surface area contributed by atoms with E-state index in [4.69, 9.17) is 23.2 Å². The van der Waals surface area contributed by atoms with Crippen LogP contribution >= 0.6 is 47.2 Å².